The molecule has 0 saturated carbocycles. The summed E-state index contributed by atoms with van der Waals surface area (Å²) < 4.78 is 9.95. The van der Waals surface area contributed by atoms with Crippen molar-refractivity contribution in [3.63, 3.8) is 0 Å². The fourth-order valence-electron chi connectivity index (χ4n) is 1.25. The van der Waals surface area contributed by atoms with Gasteiger partial charge in [0, 0.05) is 6.08 Å². The van der Waals surface area contributed by atoms with Gasteiger partial charge in [0.05, 0.1) is 17.9 Å². The molecule has 6 heteroatoms. The molecular formula is C11H6N2O4. The SMILES string of the molecule is N#C/C(=C/c1ccc([N+](=O)[O-])o1)c1ccco1. The van der Waals surface area contributed by atoms with Crippen LogP contribution in [0, 0.1) is 21.4 Å². The molecule has 84 valence electrons. The summed E-state index contributed by atoms with van der Waals surface area (Å²) >= 11 is 0. The number of nitriles is 1. The minimum absolute atomic E-state index is 0.227. The molecule has 0 radical (unpaired) electrons. The van der Waals surface area contributed by atoms with Crippen LogP contribution in [0.3, 0.4) is 0 Å². The quantitative estimate of drug-likeness (QED) is 0.459. The van der Waals surface area contributed by atoms with Crippen LogP contribution in [0.5, 0.6) is 0 Å². The van der Waals surface area contributed by atoms with Gasteiger partial charge in [-0.05, 0) is 18.2 Å². The van der Waals surface area contributed by atoms with Crippen LogP contribution >= 0.6 is 0 Å². The van der Waals surface area contributed by atoms with E-state index in [0.29, 0.717) is 5.76 Å². The van der Waals surface area contributed by atoms with E-state index in [1.165, 1.54) is 24.5 Å². The van der Waals surface area contributed by atoms with Gasteiger partial charge < -0.3 is 8.83 Å². The van der Waals surface area contributed by atoms with E-state index in [9.17, 15) is 10.1 Å². The summed E-state index contributed by atoms with van der Waals surface area (Å²) in [7, 11) is 0. The monoisotopic (exact) mass is 230 g/mol. The van der Waals surface area contributed by atoms with Gasteiger partial charge in [-0.15, -0.1) is 0 Å². The van der Waals surface area contributed by atoms with Crippen molar-refractivity contribution >= 4 is 17.5 Å². The first-order valence-electron chi connectivity index (χ1n) is 4.60. The molecule has 17 heavy (non-hydrogen) atoms. The third-order valence-electron chi connectivity index (χ3n) is 1.99. The standard InChI is InChI=1S/C11H6N2O4/c12-7-8(10-2-1-5-16-10)6-9-3-4-11(17-9)13(14)15/h1-6H/b8-6-. The molecule has 0 N–H and O–H groups in total. The van der Waals surface area contributed by atoms with Crippen LogP contribution in [-0.4, -0.2) is 4.92 Å². The topological polar surface area (TPSA) is 93.2 Å². The third-order valence-corrected chi connectivity index (χ3v) is 1.99. The fraction of sp³-hybridized carbons (Fsp3) is 0. The van der Waals surface area contributed by atoms with Crippen LogP contribution < -0.4 is 0 Å². The van der Waals surface area contributed by atoms with Crippen molar-refractivity contribution in [2.45, 2.75) is 0 Å². The number of rotatable bonds is 3. The maximum atomic E-state index is 10.4. The Balaban J connectivity index is 2.34. The largest absolute Gasteiger partial charge is 0.464 e. The summed E-state index contributed by atoms with van der Waals surface area (Å²) in [5.74, 6) is 0.240. The first-order valence-corrected chi connectivity index (χ1v) is 4.60. The number of furan rings is 2. The molecule has 0 amide bonds. The van der Waals surface area contributed by atoms with Gasteiger partial charge in [0.15, 0.2) is 0 Å². The first kappa shape index (κ1) is 10.7. The van der Waals surface area contributed by atoms with E-state index < -0.39 is 4.92 Å². The highest BCUT2D eigenvalue weighted by Gasteiger charge is 2.12. The highest BCUT2D eigenvalue weighted by molar-refractivity contribution is 5.86. The lowest BCUT2D eigenvalue weighted by Crippen LogP contribution is -1.82. The minimum atomic E-state index is -0.643. The van der Waals surface area contributed by atoms with Gasteiger partial charge in [-0.1, -0.05) is 0 Å². The Bertz CT molecular complexity index is 602. The zero-order valence-corrected chi connectivity index (χ0v) is 8.49. The molecule has 0 spiro atoms. The van der Waals surface area contributed by atoms with E-state index in [-0.39, 0.29) is 17.2 Å². The molecule has 2 aromatic heterocycles. The van der Waals surface area contributed by atoms with Crippen LogP contribution in [0.1, 0.15) is 11.5 Å². The molecule has 6 nitrogen and oxygen atoms in total. The Kier molecular flexibility index (Phi) is 2.75. The van der Waals surface area contributed by atoms with Crippen molar-refractivity contribution in [3.8, 4) is 6.07 Å². The van der Waals surface area contributed by atoms with Gasteiger partial charge in [-0.2, -0.15) is 5.26 Å². The fourth-order valence-corrected chi connectivity index (χ4v) is 1.25. The molecule has 0 fully saturated rings. The number of nitro groups is 1. The number of nitrogens with zero attached hydrogens (tertiary/aromatic N) is 2. The normalized spacial score (nSPS) is 11.1. The number of allylic oxidation sites excluding steroid dienone is 1. The zero-order chi connectivity index (χ0) is 12.3. The van der Waals surface area contributed by atoms with Crippen LogP contribution in [0.2, 0.25) is 0 Å². The van der Waals surface area contributed by atoms with E-state index in [0.717, 1.165) is 0 Å². The van der Waals surface area contributed by atoms with E-state index >= 15 is 0 Å². The zero-order valence-electron chi connectivity index (χ0n) is 8.49. The Morgan fingerprint density at radius 2 is 2.29 bits per heavy atom. The average molecular weight is 230 g/mol. The van der Waals surface area contributed by atoms with Crippen molar-refractivity contribution in [1.82, 2.24) is 0 Å². The molecule has 0 unspecified atom stereocenters. The molecule has 0 atom stereocenters. The van der Waals surface area contributed by atoms with Crippen molar-refractivity contribution in [3.05, 3.63) is 52.2 Å². The van der Waals surface area contributed by atoms with Crippen LogP contribution in [0.15, 0.2) is 39.4 Å². The summed E-state index contributed by atoms with van der Waals surface area (Å²) in [6.07, 6.45) is 2.82. The van der Waals surface area contributed by atoms with Crippen molar-refractivity contribution in [2.24, 2.45) is 0 Å². The molecule has 0 aliphatic carbocycles. The molecule has 0 aromatic carbocycles. The molecule has 0 saturated heterocycles. The number of hydrogen-bond acceptors (Lipinski definition) is 5. The molecule has 0 aliphatic rings. The molecule has 2 heterocycles. The summed E-state index contributed by atoms with van der Waals surface area (Å²) in [6, 6.07) is 7.83. The Morgan fingerprint density at radius 3 is 2.82 bits per heavy atom. The predicted octanol–water partition coefficient (Wildman–Crippen LogP) is 2.84. The van der Waals surface area contributed by atoms with Gasteiger partial charge in [0.1, 0.15) is 22.5 Å². The lowest BCUT2D eigenvalue weighted by atomic mass is 10.2. The smallest absolute Gasteiger partial charge is 0.433 e. The maximum Gasteiger partial charge on any atom is 0.433 e. The lowest BCUT2D eigenvalue weighted by molar-refractivity contribution is -0.402. The second-order valence-corrected chi connectivity index (χ2v) is 3.08. The van der Waals surface area contributed by atoms with E-state index in [1.807, 2.05) is 6.07 Å². The summed E-state index contributed by atoms with van der Waals surface area (Å²) in [5, 5.41) is 19.3. The first-order chi connectivity index (χ1) is 8.20. The van der Waals surface area contributed by atoms with Gasteiger partial charge in [-0.3, -0.25) is 10.1 Å². The highest BCUT2D eigenvalue weighted by Crippen LogP contribution is 2.22. The van der Waals surface area contributed by atoms with Gasteiger partial charge in [-0.25, -0.2) is 0 Å². The maximum absolute atomic E-state index is 10.4. The summed E-state index contributed by atoms with van der Waals surface area (Å²) in [6.45, 7) is 0. The highest BCUT2D eigenvalue weighted by atomic mass is 16.6. The molecular weight excluding hydrogens is 224 g/mol. The lowest BCUT2D eigenvalue weighted by Gasteiger charge is -1.90. The van der Waals surface area contributed by atoms with Gasteiger partial charge in [0.2, 0.25) is 0 Å². The van der Waals surface area contributed by atoms with E-state index in [4.69, 9.17) is 14.1 Å². The molecule has 2 aromatic rings. The second-order valence-electron chi connectivity index (χ2n) is 3.08. The molecule has 0 aliphatic heterocycles. The van der Waals surface area contributed by atoms with Crippen molar-refractivity contribution in [2.75, 3.05) is 0 Å². The predicted molar refractivity (Wildman–Crippen MR) is 57.6 cm³/mol. The summed E-state index contributed by atoms with van der Waals surface area (Å²) in [4.78, 5) is 9.76. The Labute approximate surface area is 95.5 Å². The second kappa shape index (κ2) is 4.37. The average Bonchev–Trinajstić information content (AvgIpc) is 2.96. The Morgan fingerprint density at radius 1 is 1.47 bits per heavy atom. The minimum Gasteiger partial charge on any atom is -0.464 e. The molecule has 0 bridgehead atoms. The van der Waals surface area contributed by atoms with Gasteiger partial charge >= 0.3 is 5.88 Å². The molecule has 2 rings (SSSR count). The Hall–Kier alpha value is -2.81. The number of hydrogen-bond donors (Lipinski definition) is 0. The van der Waals surface area contributed by atoms with Gasteiger partial charge in [0.25, 0.3) is 0 Å². The van der Waals surface area contributed by atoms with E-state index in [2.05, 4.69) is 0 Å². The summed E-state index contributed by atoms with van der Waals surface area (Å²) in [5.41, 5.74) is 0.235. The van der Waals surface area contributed by atoms with Crippen LogP contribution in [-0.2, 0) is 0 Å². The van der Waals surface area contributed by atoms with Crippen molar-refractivity contribution in [1.29, 1.82) is 5.26 Å². The van der Waals surface area contributed by atoms with Crippen molar-refractivity contribution < 1.29 is 13.8 Å². The van der Waals surface area contributed by atoms with Crippen LogP contribution in [0.4, 0.5) is 5.88 Å². The van der Waals surface area contributed by atoms with E-state index in [1.54, 1.807) is 12.1 Å². The van der Waals surface area contributed by atoms with Crippen LogP contribution in [0.25, 0.3) is 11.6 Å². The third kappa shape index (κ3) is 2.23.